The zero-order valence-corrected chi connectivity index (χ0v) is 11.2. The molecule has 0 radical (unpaired) electrons. The first kappa shape index (κ1) is 11.7. The van der Waals surface area contributed by atoms with Crippen LogP contribution in [0, 0.1) is 22.7 Å². The molecule has 0 amide bonds. The Labute approximate surface area is 104 Å². The molecule has 2 nitrogen and oxygen atoms in total. The maximum atomic E-state index is 10.5. The molecule has 0 aliphatic heterocycles. The Balaban J connectivity index is 2.03. The summed E-state index contributed by atoms with van der Waals surface area (Å²) in [7, 11) is 0. The summed E-state index contributed by atoms with van der Waals surface area (Å²) in [5.74, 6) is 1.01. The first-order valence-electron chi connectivity index (χ1n) is 6.90. The molecule has 0 heterocycles. The van der Waals surface area contributed by atoms with Gasteiger partial charge in [-0.1, -0.05) is 26.3 Å². The van der Waals surface area contributed by atoms with Gasteiger partial charge >= 0.3 is 0 Å². The highest BCUT2D eigenvalue weighted by Crippen LogP contribution is 2.66. The lowest BCUT2D eigenvalue weighted by Gasteiger charge is -2.55. The van der Waals surface area contributed by atoms with E-state index in [0.717, 1.165) is 18.4 Å². The van der Waals surface area contributed by atoms with Crippen LogP contribution in [0.5, 0.6) is 0 Å². The molecular formula is C15H24O2. The van der Waals surface area contributed by atoms with Crippen molar-refractivity contribution in [3.8, 4) is 0 Å². The Morgan fingerprint density at radius 3 is 2.47 bits per heavy atom. The number of aliphatic hydroxyl groups excluding tert-OH is 2. The fraction of sp³-hybridized carbons (Fsp3) is 0.867. The van der Waals surface area contributed by atoms with E-state index in [1.165, 1.54) is 18.4 Å². The van der Waals surface area contributed by atoms with Crippen molar-refractivity contribution < 1.29 is 10.2 Å². The maximum Gasteiger partial charge on any atom is 0.0806 e. The lowest BCUT2D eigenvalue weighted by molar-refractivity contribution is 0.0106. The second kappa shape index (κ2) is 3.36. The van der Waals surface area contributed by atoms with Crippen molar-refractivity contribution >= 4 is 0 Å². The maximum absolute atomic E-state index is 10.5. The summed E-state index contributed by atoms with van der Waals surface area (Å²) < 4.78 is 0. The minimum atomic E-state index is -0.379. The summed E-state index contributed by atoms with van der Waals surface area (Å²) in [6, 6.07) is 0. The number of rotatable bonds is 1. The van der Waals surface area contributed by atoms with E-state index >= 15 is 0 Å². The minimum Gasteiger partial charge on any atom is -0.392 e. The molecule has 0 aromatic heterocycles. The molecule has 0 aromatic rings. The first-order valence-corrected chi connectivity index (χ1v) is 6.90. The van der Waals surface area contributed by atoms with Crippen molar-refractivity contribution in [1.29, 1.82) is 0 Å². The molecule has 2 heteroatoms. The molecule has 0 aromatic carbocycles. The van der Waals surface area contributed by atoms with E-state index in [2.05, 4.69) is 20.8 Å². The molecule has 2 N–H and O–H groups in total. The van der Waals surface area contributed by atoms with Gasteiger partial charge in [0.15, 0.2) is 0 Å². The van der Waals surface area contributed by atoms with Crippen LogP contribution in [0.15, 0.2) is 11.1 Å². The lowest BCUT2D eigenvalue weighted by Crippen LogP contribution is -2.49. The summed E-state index contributed by atoms with van der Waals surface area (Å²) in [6.07, 6.45) is 4.29. The fourth-order valence-electron chi connectivity index (χ4n) is 4.85. The molecule has 17 heavy (non-hydrogen) atoms. The Morgan fingerprint density at radius 2 is 1.94 bits per heavy atom. The topological polar surface area (TPSA) is 40.5 Å². The molecule has 0 spiro atoms. The van der Waals surface area contributed by atoms with Crippen molar-refractivity contribution in [3.63, 3.8) is 0 Å². The zero-order valence-electron chi connectivity index (χ0n) is 11.2. The second-order valence-electron chi connectivity index (χ2n) is 7.37. The molecule has 2 unspecified atom stereocenters. The average Bonchev–Trinajstić information content (AvgIpc) is 2.57. The number of aliphatic hydroxyl groups is 2. The van der Waals surface area contributed by atoms with Crippen LogP contribution in [0.3, 0.4) is 0 Å². The number of hydrogen-bond acceptors (Lipinski definition) is 2. The summed E-state index contributed by atoms with van der Waals surface area (Å²) in [4.78, 5) is 0. The van der Waals surface area contributed by atoms with Crippen LogP contribution in [-0.2, 0) is 0 Å². The van der Waals surface area contributed by atoms with Gasteiger partial charge in [0.25, 0.3) is 0 Å². The molecule has 3 aliphatic carbocycles. The van der Waals surface area contributed by atoms with Gasteiger partial charge in [0.1, 0.15) is 0 Å². The molecular weight excluding hydrogens is 212 g/mol. The van der Waals surface area contributed by atoms with E-state index in [4.69, 9.17) is 0 Å². The van der Waals surface area contributed by atoms with Gasteiger partial charge in [0.05, 0.1) is 12.7 Å². The van der Waals surface area contributed by atoms with Crippen LogP contribution in [0.4, 0.5) is 0 Å². The monoisotopic (exact) mass is 236 g/mol. The van der Waals surface area contributed by atoms with Gasteiger partial charge < -0.3 is 10.2 Å². The van der Waals surface area contributed by atoms with E-state index in [9.17, 15) is 10.2 Å². The highest BCUT2D eigenvalue weighted by atomic mass is 16.3. The van der Waals surface area contributed by atoms with Gasteiger partial charge in [-0.15, -0.1) is 0 Å². The fourth-order valence-corrected chi connectivity index (χ4v) is 4.85. The van der Waals surface area contributed by atoms with Crippen molar-refractivity contribution in [2.24, 2.45) is 22.7 Å². The molecule has 0 bridgehead atoms. The average molecular weight is 236 g/mol. The third-order valence-corrected chi connectivity index (χ3v) is 5.80. The van der Waals surface area contributed by atoms with Gasteiger partial charge in [0, 0.05) is 0 Å². The largest absolute Gasteiger partial charge is 0.392 e. The predicted octanol–water partition coefficient (Wildman–Crippen LogP) is 2.50. The molecule has 96 valence electrons. The van der Waals surface area contributed by atoms with Crippen LogP contribution in [0.25, 0.3) is 0 Å². The quantitative estimate of drug-likeness (QED) is 0.687. The predicted molar refractivity (Wildman–Crippen MR) is 67.5 cm³/mol. The number of fused-ring (bicyclic) bond motifs is 3. The van der Waals surface area contributed by atoms with Crippen LogP contribution < -0.4 is 0 Å². The van der Waals surface area contributed by atoms with Crippen LogP contribution in [0.1, 0.15) is 46.5 Å². The van der Waals surface area contributed by atoms with Gasteiger partial charge in [0.2, 0.25) is 0 Å². The van der Waals surface area contributed by atoms with Crippen LogP contribution in [-0.4, -0.2) is 22.9 Å². The Hall–Kier alpha value is -0.340. The highest BCUT2D eigenvalue weighted by molar-refractivity contribution is 5.37. The van der Waals surface area contributed by atoms with E-state index in [1.807, 2.05) is 0 Å². The Morgan fingerprint density at radius 1 is 1.24 bits per heavy atom. The van der Waals surface area contributed by atoms with Gasteiger partial charge in [-0.25, -0.2) is 0 Å². The summed E-state index contributed by atoms with van der Waals surface area (Å²) in [5.41, 5.74) is 2.98. The smallest absolute Gasteiger partial charge is 0.0806 e. The van der Waals surface area contributed by atoms with Gasteiger partial charge in [-0.05, 0) is 53.9 Å². The van der Waals surface area contributed by atoms with Crippen LogP contribution >= 0.6 is 0 Å². The van der Waals surface area contributed by atoms with Crippen molar-refractivity contribution in [2.75, 3.05) is 6.61 Å². The third kappa shape index (κ3) is 1.40. The lowest BCUT2D eigenvalue weighted by atomic mass is 9.51. The minimum absolute atomic E-state index is 0.0513. The second-order valence-corrected chi connectivity index (χ2v) is 7.37. The van der Waals surface area contributed by atoms with Gasteiger partial charge in [-0.3, -0.25) is 0 Å². The Kier molecular flexibility index (Phi) is 2.32. The van der Waals surface area contributed by atoms with E-state index in [1.54, 1.807) is 0 Å². The summed E-state index contributed by atoms with van der Waals surface area (Å²) in [6.45, 7) is 7.04. The number of hydrogen-bond donors (Lipinski definition) is 2. The first-order chi connectivity index (χ1) is 7.89. The van der Waals surface area contributed by atoms with Crippen molar-refractivity contribution in [2.45, 2.75) is 52.6 Å². The SMILES string of the molecule is CC1(C)CC2C(C1)[C@@]1(C)CCC1=C(CO)[C@H]2O. The third-order valence-electron chi connectivity index (χ3n) is 5.80. The molecule has 3 aliphatic rings. The number of allylic oxidation sites excluding steroid dienone is 1. The molecule has 3 rings (SSSR count). The highest BCUT2D eigenvalue weighted by Gasteiger charge is 2.58. The molecule has 2 fully saturated rings. The summed E-state index contributed by atoms with van der Waals surface area (Å²) >= 11 is 0. The summed E-state index contributed by atoms with van der Waals surface area (Å²) in [5, 5.41) is 20.0. The Bertz CT molecular complexity index is 378. The molecule has 0 saturated heterocycles. The van der Waals surface area contributed by atoms with E-state index < -0.39 is 0 Å². The molecule has 2 saturated carbocycles. The normalized spacial score (nSPS) is 47.5. The zero-order chi connectivity index (χ0) is 12.4. The van der Waals surface area contributed by atoms with Gasteiger partial charge in [-0.2, -0.15) is 0 Å². The standard InChI is InChI=1S/C15H24O2/c1-14(2)6-9-12(7-14)15(3)5-4-11(15)10(8-16)13(9)17/h9,12-13,16-17H,4-8H2,1-3H3/t9?,12?,13-,15-/m0/s1. The van der Waals surface area contributed by atoms with Crippen LogP contribution in [0.2, 0.25) is 0 Å². The van der Waals surface area contributed by atoms with E-state index in [0.29, 0.717) is 17.3 Å². The molecule has 4 atom stereocenters. The van der Waals surface area contributed by atoms with Crippen molar-refractivity contribution in [3.05, 3.63) is 11.1 Å². The van der Waals surface area contributed by atoms with Crippen molar-refractivity contribution in [1.82, 2.24) is 0 Å². The van der Waals surface area contributed by atoms with E-state index in [-0.39, 0.29) is 18.1 Å².